The third-order valence-corrected chi connectivity index (χ3v) is 3.60. The Morgan fingerprint density at radius 2 is 1.85 bits per heavy atom. The van der Waals surface area contributed by atoms with Gasteiger partial charge in [-0.05, 0) is 49.7 Å². The Morgan fingerprint density at radius 3 is 2.58 bits per heavy atom. The molecule has 0 atom stereocenters. The summed E-state index contributed by atoms with van der Waals surface area (Å²) in [7, 11) is 0. The van der Waals surface area contributed by atoms with Crippen LogP contribution in [-0.2, 0) is 9.53 Å². The summed E-state index contributed by atoms with van der Waals surface area (Å²) in [5.41, 5.74) is 2.68. The van der Waals surface area contributed by atoms with Gasteiger partial charge in [0.15, 0.2) is 0 Å². The van der Waals surface area contributed by atoms with E-state index in [-0.39, 0.29) is 11.8 Å². The minimum atomic E-state index is -0.252. The van der Waals surface area contributed by atoms with E-state index in [4.69, 9.17) is 9.47 Å². The van der Waals surface area contributed by atoms with Gasteiger partial charge in [0, 0.05) is 30.5 Å². The van der Waals surface area contributed by atoms with Crippen LogP contribution in [0.1, 0.15) is 29.8 Å². The normalized spacial score (nSPS) is 10.3. The molecule has 0 aliphatic carbocycles. The lowest BCUT2D eigenvalue weighted by Gasteiger charge is -2.11. The van der Waals surface area contributed by atoms with Crippen LogP contribution in [0.4, 0.5) is 11.4 Å². The minimum absolute atomic E-state index is 0.159. The monoisotopic (exact) mass is 356 g/mol. The second kappa shape index (κ2) is 9.58. The molecule has 6 heteroatoms. The largest absolute Gasteiger partial charge is 0.491 e. The van der Waals surface area contributed by atoms with Crippen molar-refractivity contribution in [1.29, 1.82) is 0 Å². The Morgan fingerprint density at radius 1 is 1.04 bits per heavy atom. The van der Waals surface area contributed by atoms with Gasteiger partial charge in [0.25, 0.3) is 5.91 Å². The van der Waals surface area contributed by atoms with Gasteiger partial charge in [-0.2, -0.15) is 0 Å². The van der Waals surface area contributed by atoms with Crippen molar-refractivity contribution in [3.8, 4) is 5.75 Å². The lowest BCUT2D eigenvalue weighted by atomic mass is 10.1. The first-order chi connectivity index (χ1) is 12.5. The second-order valence-corrected chi connectivity index (χ2v) is 5.74. The highest BCUT2D eigenvalue weighted by atomic mass is 16.5. The minimum Gasteiger partial charge on any atom is -0.491 e. The van der Waals surface area contributed by atoms with E-state index in [1.54, 1.807) is 36.4 Å². The number of carbonyl (C=O) groups is 2. The highest BCUT2D eigenvalue weighted by Crippen LogP contribution is 2.21. The number of rotatable bonds is 8. The fraction of sp³-hybridized carbons (Fsp3) is 0.300. The summed E-state index contributed by atoms with van der Waals surface area (Å²) in [6.07, 6.45) is 0. The molecule has 0 fully saturated rings. The van der Waals surface area contributed by atoms with Crippen LogP contribution in [0, 0.1) is 6.92 Å². The standard InChI is InChI=1S/C20H24N2O4/c1-4-25-10-11-26-18-7-5-6-16(12-18)20(24)22-17-9-8-14(2)19(13-17)21-15(3)23/h5-9,12-13H,4,10-11H2,1-3H3,(H,21,23)(H,22,24). The molecule has 26 heavy (non-hydrogen) atoms. The van der Waals surface area contributed by atoms with Gasteiger partial charge in [-0.25, -0.2) is 0 Å². The fourth-order valence-electron chi connectivity index (χ4n) is 2.32. The maximum Gasteiger partial charge on any atom is 0.255 e. The Hall–Kier alpha value is -2.86. The summed E-state index contributed by atoms with van der Waals surface area (Å²) in [6, 6.07) is 12.3. The highest BCUT2D eigenvalue weighted by molar-refractivity contribution is 6.05. The maximum atomic E-state index is 12.5. The summed E-state index contributed by atoms with van der Waals surface area (Å²) in [6.45, 7) is 6.83. The van der Waals surface area contributed by atoms with Crippen LogP contribution in [0.15, 0.2) is 42.5 Å². The summed E-state index contributed by atoms with van der Waals surface area (Å²) in [5, 5.41) is 5.58. The van der Waals surface area contributed by atoms with Crippen molar-refractivity contribution in [2.45, 2.75) is 20.8 Å². The Kier molecular flexibility index (Phi) is 7.17. The van der Waals surface area contributed by atoms with Crippen molar-refractivity contribution >= 4 is 23.2 Å². The third-order valence-electron chi connectivity index (χ3n) is 3.60. The molecule has 0 bridgehead atoms. The molecule has 0 aromatic heterocycles. The molecule has 2 aromatic rings. The van der Waals surface area contributed by atoms with E-state index >= 15 is 0 Å². The van der Waals surface area contributed by atoms with E-state index in [1.165, 1.54) is 6.92 Å². The molecule has 0 saturated carbocycles. The molecule has 0 saturated heterocycles. The predicted octanol–water partition coefficient (Wildman–Crippen LogP) is 3.62. The van der Waals surface area contributed by atoms with Crippen molar-refractivity contribution in [1.82, 2.24) is 0 Å². The fourth-order valence-corrected chi connectivity index (χ4v) is 2.32. The van der Waals surface area contributed by atoms with Crippen molar-refractivity contribution in [2.24, 2.45) is 0 Å². The third kappa shape index (κ3) is 5.89. The Labute approximate surface area is 153 Å². The van der Waals surface area contributed by atoms with E-state index < -0.39 is 0 Å². The molecule has 0 spiro atoms. The molecule has 0 aliphatic heterocycles. The second-order valence-electron chi connectivity index (χ2n) is 5.74. The molecule has 0 radical (unpaired) electrons. The summed E-state index contributed by atoms with van der Waals surface area (Å²) in [4.78, 5) is 23.7. The summed E-state index contributed by atoms with van der Waals surface area (Å²) < 4.78 is 10.8. The number of hydrogen-bond acceptors (Lipinski definition) is 4. The highest BCUT2D eigenvalue weighted by Gasteiger charge is 2.09. The zero-order chi connectivity index (χ0) is 18.9. The first kappa shape index (κ1) is 19.5. The number of amides is 2. The van der Waals surface area contributed by atoms with E-state index in [1.807, 2.05) is 19.9 Å². The van der Waals surface area contributed by atoms with Gasteiger partial charge in [0.05, 0.1) is 6.61 Å². The van der Waals surface area contributed by atoms with Gasteiger partial charge in [-0.15, -0.1) is 0 Å². The van der Waals surface area contributed by atoms with Gasteiger partial charge in [0.2, 0.25) is 5.91 Å². The summed E-state index contributed by atoms with van der Waals surface area (Å²) in [5.74, 6) is 0.201. The van der Waals surface area contributed by atoms with Gasteiger partial charge in [-0.1, -0.05) is 12.1 Å². The molecule has 0 aliphatic rings. The topological polar surface area (TPSA) is 76.7 Å². The molecular weight excluding hydrogens is 332 g/mol. The maximum absolute atomic E-state index is 12.5. The quantitative estimate of drug-likeness (QED) is 0.708. The predicted molar refractivity (Wildman–Crippen MR) is 102 cm³/mol. The van der Waals surface area contributed by atoms with E-state index in [2.05, 4.69) is 10.6 Å². The van der Waals surface area contributed by atoms with Crippen LogP contribution in [0.3, 0.4) is 0 Å². The smallest absolute Gasteiger partial charge is 0.255 e. The van der Waals surface area contributed by atoms with E-state index in [0.29, 0.717) is 42.5 Å². The number of ether oxygens (including phenoxy) is 2. The van der Waals surface area contributed by atoms with E-state index in [9.17, 15) is 9.59 Å². The first-order valence-corrected chi connectivity index (χ1v) is 8.49. The lowest BCUT2D eigenvalue weighted by Crippen LogP contribution is -2.13. The van der Waals surface area contributed by atoms with Crippen LogP contribution in [0.2, 0.25) is 0 Å². The molecule has 2 amide bonds. The number of benzene rings is 2. The summed E-state index contributed by atoms with van der Waals surface area (Å²) >= 11 is 0. The number of carbonyl (C=O) groups excluding carboxylic acids is 2. The molecule has 138 valence electrons. The number of hydrogen-bond donors (Lipinski definition) is 2. The van der Waals surface area contributed by atoms with Crippen LogP contribution in [0.25, 0.3) is 0 Å². The molecular formula is C20H24N2O4. The van der Waals surface area contributed by atoms with E-state index in [0.717, 1.165) is 5.56 Å². The van der Waals surface area contributed by atoms with Gasteiger partial charge in [-0.3, -0.25) is 9.59 Å². The number of nitrogens with one attached hydrogen (secondary N) is 2. The average Bonchev–Trinajstić information content (AvgIpc) is 2.61. The van der Waals surface area contributed by atoms with Gasteiger partial charge < -0.3 is 20.1 Å². The molecule has 0 unspecified atom stereocenters. The molecule has 2 aromatic carbocycles. The van der Waals surface area contributed by atoms with Crippen LogP contribution >= 0.6 is 0 Å². The SMILES string of the molecule is CCOCCOc1cccc(C(=O)Nc2ccc(C)c(NC(C)=O)c2)c1. The van der Waals surface area contributed by atoms with Crippen LogP contribution < -0.4 is 15.4 Å². The average molecular weight is 356 g/mol. The first-order valence-electron chi connectivity index (χ1n) is 8.49. The number of aryl methyl sites for hydroxylation is 1. The lowest BCUT2D eigenvalue weighted by molar-refractivity contribution is -0.114. The Balaban J connectivity index is 2.04. The molecule has 2 N–H and O–H groups in total. The van der Waals surface area contributed by atoms with Crippen molar-refractivity contribution in [2.75, 3.05) is 30.5 Å². The van der Waals surface area contributed by atoms with Crippen LogP contribution in [0.5, 0.6) is 5.75 Å². The Bertz CT molecular complexity index is 774. The zero-order valence-corrected chi connectivity index (χ0v) is 15.3. The van der Waals surface area contributed by atoms with Crippen molar-refractivity contribution in [3.63, 3.8) is 0 Å². The molecule has 6 nitrogen and oxygen atoms in total. The van der Waals surface area contributed by atoms with Crippen molar-refractivity contribution < 1.29 is 19.1 Å². The van der Waals surface area contributed by atoms with Crippen LogP contribution in [-0.4, -0.2) is 31.6 Å². The van der Waals surface area contributed by atoms with Gasteiger partial charge in [0.1, 0.15) is 12.4 Å². The van der Waals surface area contributed by atoms with Gasteiger partial charge >= 0.3 is 0 Å². The van der Waals surface area contributed by atoms with Crippen molar-refractivity contribution in [3.05, 3.63) is 53.6 Å². The molecule has 2 rings (SSSR count). The number of anilines is 2. The molecule has 0 heterocycles. The zero-order valence-electron chi connectivity index (χ0n) is 15.3.